The van der Waals surface area contributed by atoms with Crippen molar-refractivity contribution in [2.24, 2.45) is 5.92 Å². The molecule has 0 aromatic heterocycles. The van der Waals surface area contributed by atoms with Crippen LogP contribution in [0, 0.1) is 5.92 Å². The van der Waals surface area contributed by atoms with Gasteiger partial charge in [-0.2, -0.15) is 0 Å². The summed E-state index contributed by atoms with van der Waals surface area (Å²) in [5, 5.41) is 11.1. The first-order valence-corrected chi connectivity index (χ1v) is 4.24. The van der Waals surface area contributed by atoms with Crippen LogP contribution in [-0.4, -0.2) is 29.6 Å². The topological polar surface area (TPSA) is 49.3 Å². The molecule has 1 unspecified atom stereocenters. The second kappa shape index (κ2) is 4.89. The molecule has 0 spiro atoms. The quantitative estimate of drug-likeness (QED) is 0.772. The Hall–Kier alpha value is -0.420. The van der Waals surface area contributed by atoms with E-state index >= 15 is 0 Å². The number of nitrogens with one attached hydrogen (secondary N) is 1. The minimum Gasteiger partial charge on any atom is -0.481 e. The van der Waals surface area contributed by atoms with E-state index < -0.39 is 11.9 Å². The van der Waals surface area contributed by atoms with E-state index in [-0.39, 0.29) is 43.8 Å². The van der Waals surface area contributed by atoms with E-state index in [1.54, 1.807) is 6.92 Å². The third-order valence-electron chi connectivity index (χ3n) is 2.32. The van der Waals surface area contributed by atoms with E-state index in [0.717, 1.165) is 0 Å². The van der Waals surface area contributed by atoms with Crippen molar-refractivity contribution >= 4 is 18.4 Å². The van der Waals surface area contributed by atoms with Crippen molar-refractivity contribution in [3.63, 3.8) is 0 Å². The van der Waals surface area contributed by atoms with Crippen LogP contribution >= 0.6 is 12.4 Å². The zero-order valence-electron chi connectivity index (χ0n) is 7.80. The number of alkyl halides is 2. The Morgan fingerprint density at radius 3 is 2.64 bits per heavy atom. The van der Waals surface area contributed by atoms with E-state index in [2.05, 4.69) is 5.32 Å². The minimum atomic E-state index is -2.67. The summed E-state index contributed by atoms with van der Waals surface area (Å²) in [4.78, 5) is 10.3. The molecule has 1 aliphatic heterocycles. The zero-order chi connectivity index (χ0) is 10.1. The zero-order valence-corrected chi connectivity index (χ0v) is 8.61. The van der Waals surface area contributed by atoms with E-state index in [1.807, 2.05) is 0 Å². The maximum Gasteiger partial charge on any atom is 0.303 e. The van der Waals surface area contributed by atoms with Gasteiger partial charge in [0.15, 0.2) is 0 Å². The van der Waals surface area contributed by atoms with E-state index in [0.29, 0.717) is 0 Å². The van der Waals surface area contributed by atoms with Gasteiger partial charge in [0.2, 0.25) is 0 Å². The molecular weight excluding hydrogens is 216 g/mol. The number of hydrogen-bond acceptors (Lipinski definition) is 2. The Balaban J connectivity index is 0.00000169. The Morgan fingerprint density at radius 2 is 2.29 bits per heavy atom. The van der Waals surface area contributed by atoms with Gasteiger partial charge in [0.1, 0.15) is 0 Å². The van der Waals surface area contributed by atoms with Crippen molar-refractivity contribution in [2.45, 2.75) is 31.7 Å². The Morgan fingerprint density at radius 1 is 1.71 bits per heavy atom. The molecule has 0 aromatic rings. The van der Waals surface area contributed by atoms with Crippen molar-refractivity contribution in [2.75, 3.05) is 6.54 Å². The average molecular weight is 230 g/mol. The van der Waals surface area contributed by atoms with E-state index in [4.69, 9.17) is 5.11 Å². The molecule has 0 aliphatic carbocycles. The molecule has 84 valence electrons. The Kier molecular flexibility index (Phi) is 4.74. The normalized spacial score (nSPS) is 26.6. The molecule has 1 aliphatic rings. The van der Waals surface area contributed by atoms with Crippen LogP contribution in [0.2, 0.25) is 0 Å². The highest BCUT2D eigenvalue weighted by Crippen LogP contribution is 2.29. The molecule has 0 saturated carbocycles. The Bertz CT molecular complexity index is 214. The molecular formula is C8H14ClF2NO2. The van der Waals surface area contributed by atoms with E-state index in [9.17, 15) is 13.6 Å². The largest absolute Gasteiger partial charge is 0.481 e. The van der Waals surface area contributed by atoms with Gasteiger partial charge in [0.05, 0.1) is 6.54 Å². The summed E-state index contributed by atoms with van der Waals surface area (Å²) in [5.74, 6) is -3.85. The summed E-state index contributed by atoms with van der Waals surface area (Å²) in [5.41, 5.74) is 0. The molecule has 1 rings (SSSR count). The third-order valence-corrected chi connectivity index (χ3v) is 2.32. The highest BCUT2D eigenvalue weighted by molar-refractivity contribution is 5.85. The lowest BCUT2D eigenvalue weighted by Crippen LogP contribution is -2.30. The molecule has 0 radical (unpaired) electrons. The first kappa shape index (κ1) is 13.6. The SMILES string of the molecule is CC(CC(=O)O)[C@@H]1CC(F)(F)CN1.Cl. The molecule has 1 heterocycles. The fourth-order valence-corrected chi connectivity index (χ4v) is 1.57. The highest BCUT2D eigenvalue weighted by Gasteiger charge is 2.41. The molecule has 2 N–H and O–H groups in total. The van der Waals surface area contributed by atoms with Crippen molar-refractivity contribution in [1.29, 1.82) is 0 Å². The number of hydrogen-bond donors (Lipinski definition) is 2. The lowest BCUT2D eigenvalue weighted by molar-refractivity contribution is -0.138. The number of aliphatic carboxylic acids is 1. The maximum atomic E-state index is 12.7. The van der Waals surface area contributed by atoms with Crippen LogP contribution in [0.1, 0.15) is 19.8 Å². The van der Waals surface area contributed by atoms with Gasteiger partial charge in [-0.3, -0.25) is 4.79 Å². The highest BCUT2D eigenvalue weighted by atomic mass is 35.5. The molecule has 6 heteroatoms. The average Bonchev–Trinajstić information content (AvgIpc) is 2.28. The van der Waals surface area contributed by atoms with Crippen LogP contribution in [0.5, 0.6) is 0 Å². The summed E-state index contributed by atoms with van der Waals surface area (Å²) in [6.45, 7) is 1.34. The second-order valence-corrected chi connectivity index (χ2v) is 3.62. The van der Waals surface area contributed by atoms with Crippen molar-refractivity contribution in [3.05, 3.63) is 0 Å². The van der Waals surface area contributed by atoms with Crippen LogP contribution in [0.25, 0.3) is 0 Å². The predicted octanol–water partition coefficient (Wildman–Crippen LogP) is 1.52. The van der Waals surface area contributed by atoms with Crippen LogP contribution < -0.4 is 5.32 Å². The summed E-state index contributed by atoms with van der Waals surface area (Å²) >= 11 is 0. The Labute approximate surface area is 87.3 Å². The van der Waals surface area contributed by atoms with Gasteiger partial charge in [-0.05, 0) is 5.92 Å². The van der Waals surface area contributed by atoms with Gasteiger partial charge >= 0.3 is 5.97 Å². The molecule has 3 nitrogen and oxygen atoms in total. The standard InChI is InChI=1S/C8H13F2NO2.ClH/c1-5(2-7(12)13)6-3-8(9,10)4-11-6;/h5-6,11H,2-4H2,1H3,(H,12,13);1H/t5?,6-;/m0./s1. The summed E-state index contributed by atoms with van der Waals surface area (Å²) in [6.07, 6.45) is -0.310. The van der Waals surface area contributed by atoms with Gasteiger partial charge < -0.3 is 10.4 Å². The van der Waals surface area contributed by atoms with Crippen LogP contribution in [0.3, 0.4) is 0 Å². The summed E-state index contributed by atoms with van der Waals surface area (Å²) in [6, 6.07) is -0.369. The molecule has 1 fully saturated rings. The lowest BCUT2D eigenvalue weighted by Gasteiger charge is -2.16. The molecule has 0 bridgehead atoms. The first-order chi connectivity index (χ1) is 5.91. The van der Waals surface area contributed by atoms with Gasteiger partial charge in [-0.1, -0.05) is 6.92 Å². The van der Waals surface area contributed by atoms with Crippen molar-refractivity contribution < 1.29 is 18.7 Å². The minimum absolute atomic E-state index is 0. The smallest absolute Gasteiger partial charge is 0.303 e. The van der Waals surface area contributed by atoms with Gasteiger partial charge in [-0.25, -0.2) is 8.78 Å². The maximum absolute atomic E-state index is 12.7. The van der Waals surface area contributed by atoms with Crippen LogP contribution in [-0.2, 0) is 4.79 Å². The van der Waals surface area contributed by atoms with Crippen LogP contribution in [0.4, 0.5) is 8.78 Å². The van der Waals surface area contributed by atoms with Gasteiger partial charge in [-0.15, -0.1) is 12.4 Å². The number of halogens is 3. The van der Waals surface area contributed by atoms with Crippen LogP contribution in [0.15, 0.2) is 0 Å². The number of rotatable bonds is 3. The summed E-state index contributed by atoms with van der Waals surface area (Å²) < 4.78 is 25.4. The van der Waals surface area contributed by atoms with E-state index in [1.165, 1.54) is 0 Å². The fourth-order valence-electron chi connectivity index (χ4n) is 1.57. The molecule has 2 atom stereocenters. The fraction of sp³-hybridized carbons (Fsp3) is 0.875. The lowest BCUT2D eigenvalue weighted by atomic mass is 9.96. The van der Waals surface area contributed by atoms with Crippen molar-refractivity contribution in [3.8, 4) is 0 Å². The van der Waals surface area contributed by atoms with Gasteiger partial charge in [0, 0.05) is 18.9 Å². The molecule has 0 amide bonds. The number of carbonyl (C=O) groups is 1. The molecule has 14 heavy (non-hydrogen) atoms. The monoisotopic (exact) mass is 229 g/mol. The van der Waals surface area contributed by atoms with Crippen molar-refractivity contribution in [1.82, 2.24) is 5.32 Å². The molecule has 1 saturated heterocycles. The number of carboxylic acid groups (broad SMARTS) is 1. The third kappa shape index (κ3) is 3.75. The number of carboxylic acids is 1. The molecule has 0 aromatic carbocycles. The first-order valence-electron chi connectivity index (χ1n) is 4.24. The predicted molar refractivity (Wildman–Crippen MR) is 50.0 cm³/mol. The second-order valence-electron chi connectivity index (χ2n) is 3.62. The van der Waals surface area contributed by atoms with Gasteiger partial charge in [0.25, 0.3) is 5.92 Å². The summed E-state index contributed by atoms with van der Waals surface area (Å²) in [7, 11) is 0.